The first kappa shape index (κ1) is 18.9. The summed E-state index contributed by atoms with van der Waals surface area (Å²) in [5, 5.41) is 8.38. The quantitative estimate of drug-likeness (QED) is 0.553. The van der Waals surface area contributed by atoms with Crippen molar-refractivity contribution in [3.63, 3.8) is 0 Å². The van der Waals surface area contributed by atoms with Crippen molar-refractivity contribution < 1.29 is 13.6 Å². The van der Waals surface area contributed by atoms with Crippen molar-refractivity contribution in [1.29, 1.82) is 0 Å². The van der Waals surface area contributed by atoms with E-state index < -0.39 is 22.6 Å². The average Bonchev–Trinajstić information content (AvgIpc) is 3.29. The van der Waals surface area contributed by atoms with E-state index in [2.05, 4.69) is 16.0 Å². The highest BCUT2D eigenvalue weighted by Gasteiger charge is 2.31. The van der Waals surface area contributed by atoms with Gasteiger partial charge in [-0.1, -0.05) is 6.92 Å². The zero-order chi connectivity index (χ0) is 20.9. The number of halogens is 1. The predicted molar refractivity (Wildman–Crippen MR) is 107 cm³/mol. The highest BCUT2D eigenvalue weighted by molar-refractivity contribution is 6.05. The Hall–Kier alpha value is -3.42. The molecular weight excluding hydrogens is 377 g/mol. The van der Waals surface area contributed by atoms with Crippen molar-refractivity contribution >= 4 is 23.0 Å². The van der Waals surface area contributed by atoms with E-state index in [1.165, 1.54) is 6.07 Å². The van der Waals surface area contributed by atoms with Gasteiger partial charge < -0.3 is 20.4 Å². The van der Waals surface area contributed by atoms with Gasteiger partial charge in [0.25, 0.3) is 16.8 Å². The van der Waals surface area contributed by atoms with Crippen molar-refractivity contribution in [2.24, 2.45) is 0 Å². The van der Waals surface area contributed by atoms with Crippen molar-refractivity contribution in [1.82, 2.24) is 5.32 Å². The molecular formula is C21H20FN3O4. The van der Waals surface area contributed by atoms with E-state index in [0.29, 0.717) is 29.9 Å². The van der Waals surface area contributed by atoms with Gasteiger partial charge >= 0.3 is 0 Å². The van der Waals surface area contributed by atoms with Crippen LogP contribution in [0, 0.1) is 19.7 Å². The number of hydrogen-bond donors (Lipinski definition) is 3. The monoisotopic (exact) mass is 397 g/mol. The molecule has 1 amide bonds. The number of hydrogen-bond acceptors (Lipinski definition) is 6. The Morgan fingerprint density at radius 2 is 1.86 bits per heavy atom. The molecule has 0 saturated heterocycles. The molecule has 2 aromatic carbocycles. The third kappa shape index (κ3) is 3.00. The number of rotatable bonds is 6. The van der Waals surface area contributed by atoms with Gasteiger partial charge in [-0.2, -0.15) is 0 Å². The molecule has 7 nitrogen and oxygen atoms in total. The lowest BCUT2D eigenvalue weighted by Crippen LogP contribution is -2.37. The van der Waals surface area contributed by atoms with Crippen LogP contribution in [0.2, 0.25) is 0 Å². The number of carbonyl (C=O) groups excluding carboxylic acids is 1. The second-order valence-electron chi connectivity index (χ2n) is 7.17. The Balaban J connectivity index is 1.70. The Labute approximate surface area is 165 Å². The molecule has 1 unspecified atom stereocenters. The van der Waals surface area contributed by atoms with Gasteiger partial charge in [-0.3, -0.25) is 14.4 Å². The van der Waals surface area contributed by atoms with Crippen LogP contribution in [0.1, 0.15) is 52.4 Å². The summed E-state index contributed by atoms with van der Waals surface area (Å²) in [6.45, 7) is 5.73. The fourth-order valence-electron chi connectivity index (χ4n) is 3.64. The number of carbonyl (C=O) groups is 1. The maximum absolute atomic E-state index is 14.7. The van der Waals surface area contributed by atoms with Crippen molar-refractivity contribution in [3.05, 3.63) is 72.7 Å². The minimum atomic E-state index is -0.759. The fraction of sp³-hybridized carbons (Fsp3) is 0.286. The molecule has 0 aliphatic carbocycles. The van der Waals surface area contributed by atoms with Gasteiger partial charge in [-0.25, -0.2) is 4.39 Å². The largest absolute Gasteiger partial charge is 0.464 e. The van der Waals surface area contributed by atoms with Crippen LogP contribution in [-0.2, 0) is 6.54 Å². The molecule has 8 heteroatoms. The summed E-state index contributed by atoms with van der Waals surface area (Å²) < 4.78 is 20.3. The Morgan fingerprint density at radius 3 is 2.52 bits per heavy atom. The zero-order valence-electron chi connectivity index (χ0n) is 16.2. The van der Waals surface area contributed by atoms with Gasteiger partial charge in [-0.15, -0.1) is 0 Å². The number of benzene rings is 1. The van der Waals surface area contributed by atoms with Crippen LogP contribution in [0.5, 0.6) is 0 Å². The number of fused-ring (bicyclic) bond motifs is 1. The van der Waals surface area contributed by atoms with E-state index in [-0.39, 0.29) is 28.7 Å². The van der Waals surface area contributed by atoms with E-state index in [9.17, 15) is 18.8 Å². The highest BCUT2D eigenvalue weighted by atomic mass is 19.1. The molecule has 1 atom stereocenters. The summed E-state index contributed by atoms with van der Waals surface area (Å²) in [5.41, 5.74) is -0.0706. The van der Waals surface area contributed by atoms with E-state index in [0.717, 1.165) is 5.76 Å². The van der Waals surface area contributed by atoms with E-state index in [4.69, 9.17) is 4.42 Å². The summed E-state index contributed by atoms with van der Waals surface area (Å²) in [6, 6.07) is 4.58. The highest BCUT2D eigenvalue weighted by Crippen LogP contribution is 2.34. The molecule has 1 aromatic heterocycles. The first-order valence-corrected chi connectivity index (χ1v) is 9.35. The third-order valence-electron chi connectivity index (χ3n) is 5.25. The van der Waals surface area contributed by atoms with Crippen LogP contribution in [-0.4, -0.2) is 5.91 Å². The van der Waals surface area contributed by atoms with E-state index >= 15 is 0 Å². The molecule has 4 rings (SSSR count). The van der Waals surface area contributed by atoms with Crippen molar-refractivity contribution in [3.8, 4) is 0 Å². The zero-order valence-corrected chi connectivity index (χ0v) is 16.2. The first-order chi connectivity index (χ1) is 13.8. The van der Waals surface area contributed by atoms with Gasteiger partial charge in [0.05, 0.1) is 17.3 Å². The van der Waals surface area contributed by atoms with Crippen LogP contribution in [0.4, 0.5) is 21.5 Å². The van der Waals surface area contributed by atoms with Gasteiger partial charge in [0.2, 0.25) is 0 Å². The fourth-order valence-corrected chi connectivity index (χ4v) is 3.64. The van der Waals surface area contributed by atoms with Gasteiger partial charge in [0, 0.05) is 6.54 Å². The van der Waals surface area contributed by atoms with Gasteiger partial charge in [-0.05, 0) is 49.6 Å². The standard InChI is InChI=1S/C21H20FN3O4/c1-4-13(14-6-5-10(3)29-14)24-17-18(20(27)19(17)26)25-16-12(22)7-9(2)11-8-23-21(28)15(11)16/h5-7,13,24-25H,4,8H2,1-3H3,(H,23,28). The lowest BCUT2D eigenvalue weighted by Gasteiger charge is -2.21. The normalized spacial score (nSPS) is 14.0. The summed E-state index contributed by atoms with van der Waals surface area (Å²) in [7, 11) is 0. The lowest BCUT2D eigenvalue weighted by atomic mass is 10.0. The molecule has 1 aliphatic rings. The van der Waals surface area contributed by atoms with Crippen LogP contribution in [0.15, 0.2) is 32.2 Å². The van der Waals surface area contributed by atoms with Gasteiger partial charge in [0.1, 0.15) is 28.7 Å². The molecule has 3 N–H and O–H groups in total. The average molecular weight is 397 g/mol. The Kier molecular flexibility index (Phi) is 4.49. The summed E-state index contributed by atoms with van der Waals surface area (Å²) >= 11 is 0. The summed E-state index contributed by atoms with van der Waals surface area (Å²) in [4.78, 5) is 36.6. The maximum atomic E-state index is 14.7. The molecule has 2 heterocycles. The number of furan rings is 1. The molecule has 0 fully saturated rings. The van der Waals surface area contributed by atoms with Crippen molar-refractivity contribution in [2.45, 2.75) is 39.8 Å². The maximum Gasteiger partial charge on any atom is 0.254 e. The smallest absolute Gasteiger partial charge is 0.254 e. The second kappa shape index (κ2) is 6.88. The van der Waals surface area contributed by atoms with E-state index in [1.54, 1.807) is 13.0 Å². The molecule has 0 saturated carbocycles. The Bertz CT molecular complexity index is 1200. The Morgan fingerprint density at radius 1 is 1.14 bits per heavy atom. The van der Waals surface area contributed by atoms with Gasteiger partial charge in [0.15, 0.2) is 0 Å². The van der Waals surface area contributed by atoms with Crippen molar-refractivity contribution in [2.75, 3.05) is 10.6 Å². The van der Waals surface area contributed by atoms with Crippen LogP contribution in [0.3, 0.4) is 0 Å². The van der Waals surface area contributed by atoms with E-state index in [1.807, 2.05) is 19.9 Å². The minimum absolute atomic E-state index is 0.0543. The number of nitrogens with one attached hydrogen (secondary N) is 3. The van der Waals surface area contributed by atoms with Crippen LogP contribution < -0.4 is 26.8 Å². The molecule has 0 radical (unpaired) electrons. The molecule has 0 bridgehead atoms. The molecule has 1 aliphatic heterocycles. The summed E-state index contributed by atoms with van der Waals surface area (Å²) in [5.74, 6) is 0.277. The molecule has 3 aromatic rings. The number of aryl methyl sites for hydroxylation is 2. The predicted octanol–water partition coefficient (Wildman–Crippen LogP) is 3.18. The number of anilines is 3. The van der Waals surface area contributed by atoms with Crippen LogP contribution in [0.25, 0.3) is 0 Å². The third-order valence-corrected chi connectivity index (χ3v) is 5.25. The SMILES string of the molecule is CCC(Nc1c(Nc2c(F)cc(C)c3c2C(=O)NC3)c(=O)c1=O)c1ccc(C)o1. The topological polar surface area (TPSA) is 100 Å². The summed E-state index contributed by atoms with van der Waals surface area (Å²) in [6.07, 6.45) is 0.599. The first-order valence-electron chi connectivity index (χ1n) is 9.35. The molecule has 150 valence electrons. The second-order valence-corrected chi connectivity index (χ2v) is 7.17. The molecule has 29 heavy (non-hydrogen) atoms. The molecule has 0 spiro atoms. The lowest BCUT2D eigenvalue weighted by molar-refractivity contribution is 0.0966. The van der Waals surface area contributed by atoms with Crippen LogP contribution >= 0.6 is 0 Å². The minimum Gasteiger partial charge on any atom is -0.464 e. The number of amides is 1.